The van der Waals surface area contributed by atoms with Crippen molar-refractivity contribution in [3.05, 3.63) is 24.0 Å². The van der Waals surface area contributed by atoms with Crippen LogP contribution in [0.3, 0.4) is 0 Å². The van der Waals surface area contributed by atoms with Gasteiger partial charge in [-0.1, -0.05) is 0 Å². The first-order chi connectivity index (χ1) is 6.77. The van der Waals surface area contributed by atoms with Gasteiger partial charge in [0.2, 0.25) is 0 Å². The number of H-pyrrole nitrogens is 1. The van der Waals surface area contributed by atoms with Crippen molar-refractivity contribution in [2.45, 2.75) is 25.4 Å². The summed E-state index contributed by atoms with van der Waals surface area (Å²) in [5.41, 5.74) is 1.09. The lowest BCUT2D eigenvalue weighted by atomic mass is 10.2. The topological polar surface area (TPSA) is 54.1 Å². The summed E-state index contributed by atoms with van der Waals surface area (Å²) in [5.74, 6) is -0.136. The van der Waals surface area contributed by atoms with Crippen LogP contribution in [0.4, 0.5) is 0 Å². The van der Waals surface area contributed by atoms with Crippen molar-refractivity contribution in [2.24, 2.45) is 0 Å². The molecule has 0 bridgehead atoms. The third-order valence-electron chi connectivity index (χ3n) is 2.48. The van der Waals surface area contributed by atoms with Gasteiger partial charge in [-0.2, -0.15) is 0 Å². The molecule has 0 spiro atoms. The maximum absolute atomic E-state index is 11.2. The zero-order valence-corrected chi connectivity index (χ0v) is 8.12. The number of nitrogens with one attached hydrogen (secondary N) is 2. The van der Waals surface area contributed by atoms with Crippen molar-refractivity contribution in [3.63, 3.8) is 0 Å². The van der Waals surface area contributed by atoms with Crippen LogP contribution < -0.4 is 5.32 Å². The Morgan fingerprint density at radius 3 is 3.14 bits per heavy atom. The molecule has 1 aliphatic heterocycles. The van der Waals surface area contributed by atoms with E-state index in [1.165, 1.54) is 0 Å². The van der Waals surface area contributed by atoms with Crippen molar-refractivity contribution >= 4 is 5.97 Å². The lowest BCUT2D eigenvalue weighted by Crippen LogP contribution is -2.35. The van der Waals surface area contributed by atoms with Crippen LogP contribution in [0.5, 0.6) is 0 Å². The van der Waals surface area contributed by atoms with Gasteiger partial charge in [0.1, 0.15) is 6.04 Å². The molecule has 2 N–H and O–H groups in total. The highest BCUT2D eigenvalue weighted by molar-refractivity contribution is 5.77. The molecule has 2 unspecified atom stereocenters. The van der Waals surface area contributed by atoms with Gasteiger partial charge in [0.25, 0.3) is 0 Å². The molecular weight excluding hydrogens is 180 g/mol. The van der Waals surface area contributed by atoms with Gasteiger partial charge in [-0.3, -0.25) is 10.1 Å². The molecule has 14 heavy (non-hydrogen) atoms. The third kappa shape index (κ3) is 1.80. The zero-order chi connectivity index (χ0) is 9.97. The summed E-state index contributed by atoms with van der Waals surface area (Å²) in [7, 11) is 0. The van der Waals surface area contributed by atoms with Crippen molar-refractivity contribution in [2.75, 3.05) is 6.61 Å². The Balaban J connectivity index is 1.94. The minimum absolute atomic E-state index is 0.136. The van der Waals surface area contributed by atoms with Crippen LogP contribution in [-0.4, -0.2) is 23.6 Å². The molecule has 1 aliphatic rings. The van der Waals surface area contributed by atoms with E-state index in [0.717, 1.165) is 12.1 Å². The molecule has 2 rings (SSSR count). The summed E-state index contributed by atoms with van der Waals surface area (Å²) in [6, 6.07) is 3.95. The van der Waals surface area contributed by atoms with Crippen LogP contribution in [0.2, 0.25) is 0 Å². The van der Waals surface area contributed by atoms with E-state index in [1.54, 1.807) is 0 Å². The summed E-state index contributed by atoms with van der Waals surface area (Å²) in [4.78, 5) is 14.3. The molecular formula is C10H14N2O2. The molecule has 76 valence electrons. The lowest BCUT2D eigenvalue weighted by Gasteiger charge is -2.15. The van der Waals surface area contributed by atoms with Gasteiger partial charge in [0, 0.05) is 24.4 Å². The fourth-order valence-corrected chi connectivity index (χ4v) is 1.65. The SMILES string of the molecule is CC(NC1CCOC1=O)c1ccc[nH]1. The summed E-state index contributed by atoms with van der Waals surface area (Å²) in [5, 5.41) is 3.23. The number of aromatic nitrogens is 1. The van der Waals surface area contributed by atoms with Gasteiger partial charge < -0.3 is 9.72 Å². The summed E-state index contributed by atoms with van der Waals surface area (Å²) in [6.45, 7) is 2.56. The molecule has 2 atom stereocenters. The van der Waals surface area contributed by atoms with E-state index in [9.17, 15) is 4.79 Å². The van der Waals surface area contributed by atoms with Crippen molar-refractivity contribution in [1.82, 2.24) is 10.3 Å². The van der Waals surface area contributed by atoms with Gasteiger partial charge in [0.05, 0.1) is 6.61 Å². The summed E-state index contributed by atoms with van der Waals surface area (Å²) in [6.07, 6.45) is 2.64. The van der Waals surface area contributed by atoms with E-state index in [-0.39, 0.29) is 18.1 Å². The number of carbonyl (C=O) groups excluding carboxylic acids is 1. The molecule has 0 aromatic carbocycles. The van der Waals surface area contributed by atoms with E-state index < -0.39 is 0 Å². The number of cyclic esters (lactones) is 1. The van der Waals surface area contributed by atoms with Crippen molar-refractivity contribution < 1.29 is 9.53 Å². The number of hydrogen-bond donors (Lipinski definition) is 2. The van der Waals surface area contributed by atoms with Crippen molar-refractivity contribution in [3.8, 4) is 0 Å². The zero-order valence-electron chi connectivity index (χ0n) is 8.12. The van der Waals surface area contributed by atoms with Crippen LogP contribution in [0.15, 0.2) is 18.3 Å². The Kier molecular flexibility index (Phi) is 2.54. The third-order valence-corrected chi connectivity index (χ3v) is 2.48. The van der Waals surface area contributed by atoms with Crippen molar-refractivity contribution in [1.29, 1.82) is 0 Å². The Morgan fingerprint density at radius 2 is 2.57 bits per heavy atom. The van der Waals surface area contributed by atoms with Crippen LogP contribution in [0.1, 0.15) is 25.1 Å². The lowest BCUT2D eigenvalue weighted by molar-refractivity contribution is -0.139. The maximum atomic E-state index is 11.2. The predicted octanol–water partition coefficient (Wildman–Crippen LogP) is 0.981. The second-order valence-corrected chi connectivity index (χ2v) is 3.52. The molecule has 0 aliphatic carbocycles. The number of aromatic amines is 1. The quantitative estimate of drug-likeness (QED) is 0.705. The highest BCUT2D eigenvalue weighted by Crippen LogP contribution is 2.14. The van der Waals surface area contributed by atoms with Crippen LogP contribution in [-0.2, 0) is 9.53 Å². The van der Waals surface area contributed by atoms with Gasteiger partial charge in [-0.25, -0.2) is 0 Å². The van der Waals surface area contributed by atoms with E-state index in [2.05, 4.69) is 10.3 Å². The second-order valence-electron chi connectivity index (χ2n) is 3.52. The first kappa shape index (κ1) is 9.27. The Bertz CT molecular complexity index is 308. The van der Waals surface area contributed by atoms with Gasteiger partial charge >= 0.3 is 5.97 Å². The molecule has 0 radical (unpaired) electrons. The fraction of sp³-hybridized carbons (Fsp3) is 0.500. The monoisotopic (exact) mass is 194 g/mol. The highest BCUT2D eigenvalue weighted by atomic mass is 16.5. The van der Waals surface area contributed by atoms with E-state index in [4.69, 9.17) is 4.74 Å². The van der Waals surface area contributed by atoms with Gasteiger partial charge in [-0.15, -0.1) is 0 Å². The molecule has 0 amide bonds. The highest BCUT2D eigenvalue weighted by Gasteiger charge is 2.27. The first-order valence-corrected chi connectivity index (χ1v) is 4.83. The molecule has 0 saturated carbocycles. The Labute approximate surface area is 82.6 Å². The Morgan fingerprint density at radius 1 is 1.71 bits per heavy atom. The summed E-state index contributed by atoms with van der Waals surface area (Å²) >= 11 is 0. The second kappa shape index (κ2) is 3.84. The number of rotatable bonds is 3. The molecule has 1 aromatic heterocycles. The maximum Gasteiger partial charge on any atom is 0.323 e. The minimum Gasteiger partial charge on any atom is -0.464 e. The predicted molar refractivity (Wildman–Crippen MR) is 51.7 cm³/mol. The van der Waals surface area contributed by atoms with Crippen LogP contribution in [0.25, 0.3) is 0 Å². The van der Waals surface area contributed by atoms with Crippen LogP contribution in [0, 0.1) is 0 Å². The first-order valence-electron chi connectivity index (χ1n) is 4.83. The largest absolute Gasteiger partial charge is 0.464 e. The standard InChI is InChI=1S/C10H14N2O2/c1-7(8-3-2-5-11-8)12-9-4-6-14-10(9)13/h2-3,5,7,9,11-12H,4,6H2,1H3. The number of hydrogen-bond acceptors (Lipinski definition) is 3. The van der Waals surface area contributed by atoms with E-state index >= 15 is 0 Å². The molecule has 1 fully saturated rings. The molecule has 1 saturated heterocycles. The smallest absolute Gasteiger partial charge is 0.323 e. The van der Waals surface area contributed by atoms with Gasteiger partial charge in [0.15, 0.2) is 0 Å². The molecule has 4 nitrogen and oxygen atoms in total. The summed E-state index contributed by atoms with van der Waals surface area (Å²) < 4.78 is 4.87. The van der Waals surface area contributed by atoms with E-state index in [0.29, 0.717) is 6.61 Å². The molecule has 1 aromatic rings. The number of carbonyl (C=O) groups is 1. The van der Waals surface area contributed by atoms with Gasteiger partial charge in [-0.05, 0) is 19.1 Å². The van der Waals surface area contributed by atoms with E-state index in [1.807, 2.05) is 25.3 Å². The number of esters is 1. The average Bonchev–Trinajstić information content (AvgIpc) is 2.77. The fourth-order valence-electron chi connectivity index (χ4n) is 1.65. The Hall–Kier alpha value is -1.29. The normalized spacial score (nSPS) is 23.5. The number of ether oxygens (including phenoxy) is 1. The van der Waals surface area contributed by atoms with Crippen LogP contribution >= 0.6 is 0 Å². The average molecular weight is 194 g/mol. The molecule has 2 heterocycles. The minimum atomic E-state index is -0.145. The molecule has 4 heteroatoms.